The highest BCUT2D eigenvalue weighted by Crippen LogP contribution is 2.32. The molecule has 0 aromatic heterocycles. The molecule has 0 saturated heterocycles. The van der Waals surface area contributed by atoms with Crippen LogP contribution in [0.1, 0.15) is 0 Å². The third-order valence-electron chi connectivity index (χ3n) is 2.46. The van der Waals surface area contributed by atoms with Crippen LogP contribution >= 0.6 is 58.3 Å². The molecule has 6 heteroatoms. The lowest BCUT2D eigenvalue weighted by molar-refractivity contribution is 1.41. The first-order valence-corrected chi connectivity index (χ1v) is 8.92. The molecule has 2 aromatic rings. The first kappa shape index (κ1) is 16.2. The summed E-state index contributed by atoms with van der Waals surface area (Å²) in [5.74, 6) is 1.85. The van der Waals surface area contributed by atoms with E-state index in [0.29, 0.717) is 15.7 Å². The van der Waals surface area contributed by atoms with Crippen molar-refractivity contribution in [2.45, 2.75) is 9.79 Å². The van der Waals surface area contributed by atoms with E-state index in [2.05, 4.69) is 0 Å². The van der Waals surface area contributed by atoms with E-state index in [4.69, 9.17) is 40.5 Å². The fraction of sp³-hybridized carbons (Fsp3) is 0.143. The van der Waals surface area contributed by atoms with Gasteiger partial charge in [-0.3, -0.25) is 0 Å². The van der Waals surface area contributed by atoms with Crippen LogP contribution in [-0.4, -0.2) is 11.5 Å². The molecule has 0 amide bonds. The molecule has 0 spiro atoms. The minimum atomic E-state index is 0.659. The maximum Gasteiger partial charge on any atom is 0.0542 e. The predicted octanol–water partition coefficient (Wildman–Crippen LogP) is 6.11. The minimum absolute atomic E-state index is 0.659. The maximum atomic E-state index is 6.11. The minimum Gasteiger partial charge on any atom is -0.398 e. The molecular formula is C14H12Cl3NS2. The molecule has 2 rings (SSSR count). The zero-order valence-corrected chi connectivity index (χ0v) is 14.3. The lowest BCUT2D eigenvalue weighted by Gasteiger charge is -2.07. The number of benzene rings is 2. The number of halogens is 3. The number of hydrogen-bond acceptors (Lipinski definition) is 3. The van der Waals surface area contributed by atoms with Crippen molar-refractivity contribution in [3.8, 4) is 0 Å². The Labute approximate surface area is 142 Å². The lowest BCUT2D eigenvalue weighted by atomic mass is 10.3. The van der Waals surface area contributed by atoms with Crippen LogP contribution in [0.5, 0.6) is 0 Å². The molecule has 0 saturated carbocycles. The van der Waals surface area contributed by atoms with Crippen LogP contribution < -0.4 is 5.73 Å². The summed E-state index contributed by atoms with van der Waals surface area (Å²) in [6, 6.07) is 11.1. The van der Waals surface area contributed by atoms with Crippen molar-refractivity contribution in [1.29, 1.82) is 0 Å². The normalized spacial score (nSPS) is 10.8. The van der Waals surface area contributed by atoms with Crippen molar-refractivity contribution in [2.24, 2.45) is 0 Å². The molecule has 2 N–H and O–H groups in total. The van der Waals surface area contributed by atoms with E-state index in [1.165, 1.54) is 0 Å². The monoisotopic (exact) mass is 363 g/mol. The molecular weight excluding hydrogens is 353 g/mol. The van der Waals surface area contributed by atoms with E-state index in [0.717, 1.165) is 26.3 Å². The quantitative estimate of drug-likeness (QED) is 0.393. The van der Waals surface area contributed by atoms with Gasteiger partial charge in [0, 0.05) is 37.0 Å². The molecule has 0 heterocycles. The fourth-order valence-electron chi connectivity index (χ4n) is 1.54. The SMILES string of the molecule is Nc1cc(Cl)ccc1SCCSc1cc(Cl)ccc1Cl. The van der Waals surface area contributed by atoms with Gasteiger partial charge in [-0.05, 0) is 36.4 Å². The Bertz CT molecular complexity index is 605. The van der Waals surface area contributed by atoms with Crippen LogP contribution in [0.25, 0.3) is 0 Å². The highest BCUT2D eigenvalue weighted by atomic mass is 35.5. The van der Waals surface area contributed by atoms with Crippen LogP contribution in [-0.2, 0) is 0 Å². The maximum absolute atomic E-state index is 6.11. The molecule has 0 radical (unpaired) electrons. The number of nitrogen functional groups attached to an aromatic ring is 1. The molecule has 0 atom stereocenters. The number of anilines is 1. The van der Waals surface area contributed by atoms with Crippen molar-refractivity contribution < 1.29 is 0 Å². The van der Waals surface area contributed by atoms with E-state index < -0.39 is 0 Å². The van der Waals surface area contributed by atoms with Gasteiger partial charge in [0.2, 0.25) is 0 Å². The number of nitrogens with two attached hydrogens (primary N) is 1. The highest BCUT2D eigenvalue weighted by molar-refractivity contribution is 8.03. The van der Waals surface area contributed by atoms with Crippen LogP contribution in [0.15, 0.2) is 46.2 Å². The van der Waals surface area contributed by atoms with Crippen molar-refractivity contribution in [2.75, 3.05) is 17.2 Å². The molecule has 2 aromatic carbocycles. The summed E-state index contributed by atoms with van der Waals surface area (Å²) in [7, 11) is 0. The van der Waals surface area contributed by atoms with Crippen molar-refractivity contribution in [3.63, 3.8) is 0 Å². The van der Waals surface area contributed by atoms with E-state index in [-0.39, 0.29) is 0 Å². The largest absolute Gasteiger partial charge is 0.398 e. The van der Waals surface area contributed by atoms with Gasteiger partial charge in [0.05, 0.1) is 5.02 Å². The average Bonchev–Trinajstić information content (AvgIpc) is 2.40. The van der Waals surface area contributed by atoms with E-state index in [1.54, 1.807) is 35.7 Å². The Kier molecular flexibility index (Phi) is 6.24. The summed E-state index contributed by atoms with van der Waals surface area (Å²) < 4.78 is 0. The van der Waals surface area contributed by atoms with Gasteiger partial charge in [0.25, 0.3) is 0 Å². The van der Waals surface area contributed by atoms with Gasteiger partial charge in [0.1, 0.15) is 0 Å². The Morgan fingerprint density at radius 2 is 1.40 bits per heavy atom. The predicted molar refractivity (Wildman–Crippen MR) is 93.8 cm³/mol. The summed E-state index contributed by atoms with van der Waals surface area (Å²) in [5, 5.41) is 2.09. The fourth-order valence-corrected chi connectivity index (χ4v) is 4.15. The van der Waals surface area contributed by atoms with E-state index in [1.807, 2.05) is 24.3 Å². The molecule has 106 valence electrons. The highest BCUT2D eigenvalue weighted by Gasteiger charge is 2.04. The zero-order valence-electron chi connectivity index (χ0n) is 10.4. The van der Waals surface area contributed by atoms with E-state index >= 15 is 0 Å². The molecule has 1 nitrogen and oxygen atoms in total. The Morgan fingerprint density at radius 3 is 2.10 bits per heavy atom. The van der Waals surface area contributed by atoms with Gasteiger partial charge in [-0.2, -0.15) is 0 Å². The van der Waals surface area contributed by atoms with Gasteiger partial charge < -0.3 is 5.73 Å². The molecule has 0 fully saturated rings. The summed E-state index contributed by atoms with van der Waals surface area (Å²) in [4.78, 5) is 2.05. The van der Waals surface area contributed by atoms with Crippen molar-refractivity contribution in [3.05, 3.63) is 51.5 Å². The number of thioether (sulfide) groups is 2. The summed E-state index contributed by atoms with van der Waals surface area (Å²) in [6.45, 7) is 0. The number of hydrogen-bond donors (Lipinski definition) is 1. The smallest absolute Gasteiger partial charge is 0.0542 e. The third kappa shape index (κ3) is 4.68. The molecule has 0 aliphatic carbocycles. The Hall–Kier alpha value is -0.190. The third-order valence-corrected chi connectivity index (χ3v) is 5.78. The van der Waals surface area contributed by atoms with Gasteiger partial charge in [-0.15, -0.1) is 23.5 Å². The summed E-state index contributed by atoms with van der Waals surface area (Å²) in [5.41, 5.74) is 6.62. The zero-order chi connectivity index (χ0) is 14.5. The first-order valence-electron chi connectivity index (χ1n) is 5.82. The first-order chi connectivity index (χ1) is 9.56. The van der Waals surface area contributed by atoms with Crippen molar-refractivity contribution in [1.82, 2.24) is 0 Å². The van der Waals surface area contributed by atoms with Crippen LogP contribution in [0, 0.1) is 0 Å². The molecule has 0 aliphatic rings. The van der Waals surface area contributed by atoms with Crippen LogP contribution in [0.4, 0.5) is 5.69 Å². The topological polar surface area (TPSA) is 26.0 Å². The number of rotatable bonds is 5. The van der Waals surface area contributed by atoms with Crippen LogP contribution in [0.3, 0.4) is 0 Å². The summed E-state index contributed by atoms with van der Waals surface area (Å²) in [6.07, 6.45) is 0. The van der Waals surface area contributed by atoms with E-state index in [9.17, 15) is 0 Å². The summed E-state index contributed by atoms with van der Waals surface area (Å²) >= 11 is 21.3. The lowest BCUT2D eigenvalue weighted by Crippen LogP contribution is -1.90. The van der Waals surface area contributed by atoms with Gasteiger partial charge >= 0.3 is 0 Å². The van der Waals surface area contributed by atoms with Crippen molar-refractivity contribution >= 4 is 64.0 Å². The molecule has 0 unspecified atom stereocenters. The van der Waals surface area contributed by atoms with Gasteiger partial charge in [-0.25, -0.2) is 0 Å². The second-order valence-corrected chi connectivity index (χ2v) is 7.51. The molecule has 0 bridgehead atoms. The Morgan fingerprint density at radius 1 is 0.800 bits per heavy atom. The second-order valence-electron chi connectivity index (χ2n) is 3.95. The molecule has 20 heavy (non-hydrogen) atoms. The Balaban J connectivity index is 1.86. The molecule has 0 aliphatic heterocycles. The van der Waals surface area contributed by atoms with Gasteiger partial charge in [0.15, 0.2) is 0 Å². The average molecular weight is 365 g/mol. The standard InChI is InChI=1S/C14H12Cl3NS2/c15-9-2-4-13(12(18)7-9)19-5-6-20-14-8-10(16)1-3-11(14)17/h1-4,7-8H,5-6,18H2. The van der Waals surface area contributed by atoms with Gasteiger partial charge in [-0.1, -0.05) is 34.8 Å². The van der Waals surface area contributed by atoms with Crippen LogP contribution in [0.2, 0.25) is 15.1 Å². The second kappa shape index (κ2) is 7.71.